The molecular formula is C18H15F2NO5. The number of rotatable bonds is 7. The fraction of sp³-hybridized carbons (Fsp3) is 0.167. The van der Waals surface area contributed by atoms with Gasteiger partial charge in [-0.05, 0) is 42.5 Å². The number of Topliss-reactive ketones (excluding diaryl/α,β-unsaturated/α-hetero) is 1. The maximum Gasteiger partial charge on any atom is 0.325 e. The Morgan fingerprint density at radius 3 is 2.23 bits per heavy atom. The van der Waals surface area contributed by atoms with Gasteiger partial charge in [-0.1, -0.05) is 0 Å². The van der Waals surface area contributed by atoms with E-state index in [1.54, 1.807) is 12.1 Å². The minimum absolute atomic E-state index is 0.126. The van der Waals surface area contributed by atoms with Crippen molar-refractivity contribution >= 4 is 17.7 Å². The molecule has 1 amide bonds. The van der Waals surface area contributed by atoms with Crippen LogP contribution >= 0.6 is 0 Å². The zero-order valence-corrected chi connectivity index (χ0v) is 13.8. The molecule has 2 rings (SSSR count). The molecule has 2 aromatic rings. The fourth-order valence-electron chi connectivity index (χ4n) is 1.95. The van der Waals surface area contributed by atoms with Crippen LogP contribution in [0.25, 0.3) is 0 Å². The first-order valence-electron chi connectivity index (χ1n) is 7.47. The highest BCUT2D eigenvalue weighted by Gasteiger charge is 2.14. The first-order valence-corrected chi connectivity index (χ1v) is 7.47. The lowest BCUT2D eigenvalue weighted by Gasteiger charge is -2.07. The van der Waals surface area contributed by atoms with Crippen LogP contribution < -0.4 is 10.1 Å². The van der Waals surface area contributed by atoms with Crippen LogP contribution in [0.1, 0.15) is 20.7 Å². The maximum atomic E-state index is 13.1. The molecule has 1 N–H and O–H groups in total. The molecule has 0 aromatic heterocycles. The molecule has 0 bridgehead atoms. The van der Waals surface area contributed by atoms with Crippen LogP contribution in [0.4, 0.5) is 8.78 Å². The number of esters is 1. The number of ketones is 1. The third kappa shape index (κ3) is 5.10. The number of carbonyl (C=O) groups is 3. The van der Waals surface area contributed by atoms with E-state index in [0.29, 0.717) is 11.3 Å². The maximum absolute atomic E-state index is 13.1. The molecule has 0 spiro atoms. The lowest BCUT2D eigenvalue weighted by atomic mass is 10.1. The van der Waals surface area contributed by atoms with Crippen LogP contribution in [-0.4, -0.2) is 37.9 Å². The van der Waals surface area contributed by atoms with E-state index >= 15 is 0 Å². The number of carbonyl (C=O) groups excluding carboxylic acids is 3. The van der Waals surface area contributed by atoms with Gasteiger partial charge in [-0.2, -0.15) is 0 Å². The normalized spacial score (nSPS) is 10.1. The number of hydrogen-bond acceptors (Lipinski definition) is 5. The van der Waals surface area contributed by atoms with E-state index in [0.717, 1.165) is 18.2 Å². The number of hydrogen-bond donors (Lipinski definition) is 1. The first-order chi connectivity index (χ1) is 12.4. The second kappa shape index (κ2) is 8.70. The Labute approximate surface area is 147 Å². The smallest absolute Gasteiger partial charge is 0.325 e. The minimum atomic E-state index is -1.17. The summed E-state index contributed by atoms with van der Waals surface area (Å²) in [6, 6.07) is 8.83. The number of nitrogens with one attached hydrogen (secondary N) is 1. The third-order valence-corrected chi connectivity index (χ3v) is 3.35. The van der Waals surface area contributed by atoms with Crippen LogP contribution in [-0.2, 0) is 9.53 Å². The van der Waals surface area contributed by atoms with E-state index in [-0.39, 0.29) is 5.56 Å². The van der Waals surface area contributed by atoms with Gasteiger partial charge >= 0.3 is 5.97 Å². The van der Waals surface area contributed by atoms with Gasteiger partial charge in [0, 0.05) is 11.1 Å². The van der Waals surface area contributed by atoms with Gasteiger partial charge in [0.2, 0.25) is 0 Å². The number of ether oxygens (including phenoxy) is 2. The zero-order chi connectivity index (χ0) is 19.1. The molecule has 0 heterocycles. The summed E-state index contributed by atoms with van der Waals surface area (Å²) < 4.78 is 35.6. The number of amides is 1. The van der Waals surface area contributed by atoms with Crippen molar-refractivity contribution in [2.24, 2.45) is 0 Å². The van der Waals surface area contributed by atoms with E-state index in [2.05, 4.69) is 5.32 Å². The van der Waals surface area contributed by atoms with E-state index in [4.69, 9.17) is 9.47 Å². The number of halogens is 2. The second-order valence-corrected chi connectivity index (χ2v) is 5.12. The highest BCUT2D eigenvalue weighted by Crippen LogP contribution is 2.11. The summed E-state index contributed by atoms with van der Waals surface area (Å²) in [4.78, 5) is 35.2. The van der Waals surface area contributed by atoms with Crippen molar-refractivity contribution in [1.29, 1.82) is 0 Å². The van der Waals surface area contributed by atoms with Crippen LogP contribution in [0.15, 0.2) is 42.5 Å². The fourth-order valence-corrected chi connectivity index (χ4v) is 1.95. The van der Waals surface area contributed by atoms with Crippen LogP contribution in [0.3, 0.4) is 0 Å². The first kappa shape index (κ1) is 19.0. The van der Waals surface area contributed by atoms with Gasteiger partial charge in [0.1, 0.15) is 12.3 Å². The van der Waals surface area contributed by atoms with E-state index in [1.807, 2.05) is 0 Å². The molecule has 0 fully saturated rings. The summed E-state index contributed by atoms with van der Waals surface area (Å²) in [6.45, 7) is -1.10. The molecule has 0 saturated carbocycles. The van der Waals surface area contributed by atoms with Crippen molar-refractivity contribution < 1.29 is 32.6 Å². The van der Waals surface area contributed by atoms with Gasteiger partial charge in [-0.3, -0.25) is 14.4 Å². The van der Waals surface area contributed by atoms with Crippen LogP contribution in [0.5, 0.6) is 5.75 Å². The summed E-state index contributed by atoms with van der Waals surface area (Å²) in [5.41, 5.74) is 0.190. The van der Waals surface area contributed by atoms with Gasteiger partial charge in [-0.25, -0.2) is 8.78 Å². The second-order valence-electron chi connectivity index (χ2n) is 5.12. The lowest BCUT2D eigenvalue weighted by Crippen LogP contribution is -2.31. The molecule has 0 aliphatic rings. The zero-order valence-electron chi connectivity index (χ0n) is 13.8. The van der Waals surface area contributed by atoms with Gasteiger partial charge < -0.3 is 14.8 Å². The van der Waals surface area contributed by atoms with Crippen molar-refractivity contribution in [3.8, 4) is 5.75 Å². The van der Waals surface area contributed by atoms with Crippen molar-refractivity contribution in [2.75, 3.05) is 20.3 Å². The number of methoxy groups -OCH3 is 1. The predicted molar refractivity (Wildman–Crippen MR) is 87.0 cm³/mol. The predicted octanol–water partition coefficient (Wildman–Crippen LogP) is 2.13. The Bertz CT molecular complexity index is 821. The van der Waals surface area contributed by atoms with Crippen molar-refractivity contribution in [3.63, 3.8) is 0 Å². The SMILES string of the molecule is COc1ccc(C(=O)NCC(=O)OCC(=O)c2ccc(F)c(F)c2)cc1. The van der Waals surface area contributed by atoms with Gasteiger partial charge in [0.15, 0.2) is 24.0 Å². The van der Waals surface area contributed by atoms with Crippen LogP contribution in [0.2, 0.25) is 0 Å². The Morgan fingerprint density at radius 2 is 1.62 bits per heavy atom. The lowest BCUT2D eigenvalue weighted by molar-refractivity contribution is -0.141. The van der Waals surface area contributed by atoms with Gasteiger partial charge in [0.05, 0.1) is 7.11 Å². The molecule has 0 atom stereocenters. The minimum Gasteiger partial charge on any atom is -0.497 e. The topological polar surface area (TPSA) is 81.7 Å². The molecule has 0 aliphatic carbocycles. The Morgan fingerprint density at radius 1 is 0.962 bits per heavy atom. The molecule has 0 aliphatic heterocycles. The third-order valence-electron chi connectivity index (χ3n) is 3.35. The standard InChI is InChI=1S/C18H15F2NO5/c1-25-13-5-2-11(3-6-13)18(24)21-9-17(23)26-10-16(22)12-4-7-14(19)15(20)8-12/h2-8H,9-10H2,1H3,(H,21,24). The molecule has 26 heavy (non-hydrogen) atoms. The van der Waals surface area contributed by atoms with Crippen molar-refractivity contribution in [2.45, 2.75) is 0 Å². The van der Waals surface area contributed by atoms with E-state index < -0.39 is 42.4 Å². The molecule has 0 unspecified atom stereocenters. The Kier molecular flexibility index (Phi) is 6.37. The largest absolute Gasteiger partial charge is 0.497 e. The van der Waals surface area contributed by atoms with Crippen LogP contribution in [0, 0.1) is 11.6 Å². The van der Waals surface area contributed by atoms with E-state index in [1.165, 1.54) is 19.2 Å². The molecule has 136 valence electrons. The summed E-state index contributed by atoms with van der Waals surface area (Å²) in [7, 11) is 1.49. The Balaban J connectivity index is 1.79. The highest BCUT2D eigenvalue weighted by atomic mass is 19.2. The quantitative estimate of drug-likeness (QED) is 0.602. The number of benzene rings is 2. The average Bonchev–Trinajstić information content (AvgIpc) is 2.66. The molecule has 8 heteroatoms. The monoisotopic (exact) mass is 363 g/mol. The molecule has 6 nitrogen and oxygen atoms in total. The van der Waals surface area contributed by atoms with Gasteiger partial charge in [0.25, 0.3) is 5.91 Å². The average molecular weight is 363 g/mol. The highest BCUT2D eigenvalue weighted by molar-refractivity contribution is 5.98. The van der Waals surface area contributed by atoms with Crippen molar-refractivity contribution in [1.82, 2.24) is 5.32 Å². The van der Waals surface area contributed by atoms with Crippen molar-refractivity contribution in [3.05, 3.63) is 65.2 Å². The molecule has 0 radical (unpaired) electrons. The summed E-state index contributed by atoms with van der Waals surface area (Å²) in [5.74, 6) is -3.72. The summed E-state index contributed by atoms with van der Waals surface area (Å²) in [5, 5.41) is 2.34. The Hall–Kier alpha value is -3.29. The molecule has 0 saturated heterocycles. The van der Waals surface area contributed by atoms with E-state index in [9.17, 15) is 23.2 Å². The summed E-state index contributed by atoms with van der Waals surface area (Å²) >= 11 is 0. The molecule has 2 aromatic carbocycles. The van der Waals surface area contributed by atoms with Gasteiger partial charge in [-0.15, -0.1) is 0 Å². The molecular weight excluding hydrogens is 348 g/mol. The summed E-state index contributed by atoms with van der Waals surface area (Å²) in [6.07, 6.45) is 0.